The average molecular weight is 287 g/mol. The van der Waals surface area contributed by atoms with Crippen molar-refractivity contribution in [3.05, 3.63) is 33.9 Å². The summed E-state index contributed by atoms with van der Waals surface area (Å²) < 4.78 is 18.6. The zero-order valence-corrected chi connectivity index (χ0v) is 12.3. The van der Waals surface area contributed by atoms with Crippen LogP contribution in [0.5, 0.6) is 0 Å². The molecule has 0 radical (unpaired) electrons. The Bertz CT molecular complexity index is 416. The normalized spacial score (nSPS) is 11.2. The number of nitro benzene ring substituents is 1. The topological polar surface area (TPSA) is 76.4 Å². The third-order valence-electron chi connectivity index (χ3n) is 2.41. The number of nitro groups is 1. The molecule has 0 aliphatic carbocycles. The predicted molar refractivity (Wildman–Crippen MR) is 77.7 cm³/mol. The molecule has 1 atom stereocenters. The molecule has 0 saturated carbocycles. The average Bonchev–Trinajstić information content (AvgIpc) is 2.48. The Morgan fingerprint density at radius 2 is 2.10 bits per heavy atom. The van der Waals surface area contributed by atoms with Gasteiger partial charge in [-0.05, 0) is 13.1 Å². The minimum Gasteiger partial charge on any atom is -0.383 e. The van der Waals surface area contributed by atoms with Crippen molar-refractivity contribution in [3.63, 3.8) is 0 Å². The van der Waals surface area contributed by atoms with Crippen LogP contribution in [0.25, 0.3) is 0 Å². The molecule has 1 rings (SSSR count). The molecule has 0 amide bonds. The smallest absolute Gasteiger partial charge is 0.279 e. The number of halogens is 1. The van der Waals surface area contributed by atoms with E-state index in [1.165, 1.54) is 19.2 Å². The maximum Gasteiger partial charge on any atom is 0.279 e. The van der Waals surface area contributed by atoms with E-state index in [2.05, 4.69) is 10.6 Å². The Morgan fingerprint density at radius 1 is 1.45 bits per heavy atom. The number of methoxy groups -OCH3 is 1. The van der Waals surface area contributed by atoms with Gasteiger partial charge in [0.1, 0.15) is 5.56 Å². The maximum absolute atomic E-state index is 13.8. The lowest BCUT2D eigenvalue weighted by Gasteiger charge is -2.14. The van der Waals surface area contributed by atoms with Gasteiger partial charge >= 0.3 is 0 Å². The highest BCUT2D eigenvalue weighted by Crippen LogP contribution is 2.32. The van der Waals surface area contributed by atoms with Crippen molar-refractivity contribution in [2.75, 3.05) is 32.6 Å². The van der Waals surface area contributed by atoms with Crippen LogP contribution < -0.4 is 10.6 Å². The fraction of sp³-hybridized carbons (Fsp3) is 0.538. The van der Waals surface area contributed by atoms with Crippen LogP contribution in [0.1, 0.15) is 25.7 Å². The quantitative estimate of drug-likeness (QED) is 0.349. The minimum absolute atomic E-state index is 0.00102. The Morgan fingerprint density at radius 3 is 2.60 bits per heavy atom. The van der Waals surface area contributed by atoms with Crippen molar-refractivity contribution < 1.29 is 14.1 Å². The van der Waals surface area contributed by atoms with Gasteiger partial charge in [0, 0.05) is 25.4 Å². The van der Waals surface area contributed by atoms with Crippen LogP contribution in [0.2, 0.25) is 0 Å². The molecule has 0 heterocycles. The molecule has 114 valence electrons. The van der Waals surface area contributed by atoms with Crippen LogP contribution in [0.3, 0.4) is 0 Å². The number of alkyl halides is 1. The number of benzene rings is 1. The van der Waals surface area contributed by atoms with Crippen molar-refractivity contribution in [1.29, 1.82) is 0 Å². The van der Waals surface area contributed by atoms with Gasteiger partial charge in [0.25, 0.3) is 5.69 Å². The number of ether oxygens (including phenoxy) is 1. The fourth-order valence-corrected chi connectivity index (χ4v) is 1.56. The zero-order valence-electron chi connectivity index (χ0n) is 12.3. The lowest BCUT2D eigenvalue weighted by molar-refractivity contribution is -0.386. The third kappa shape index (κ3) is 5.10. The summed E-state index contributed by atoms with van der Waals surface area (Å²) in [6.45, 7) is 4.87. The molecule has 20 heavy (non-hydrogen) atoms. The van der Waals surface area contributed by atoms with E-state index in [9.17, 15) is 14.5 Å². The van der Waals surface area contributed by atoms with Gasteiger partial charge in [0.2, 0.25) is 0 Å². The summed E-state index contributed by atoms with van der Waals surface area (Å²) in [5, 5.41) is 16.2. The van der Waals surface area contributed by atoms with Crippen molar-refractivity contribution in [2.45, 2.75) is 20.1 Å². The summed E-state index contributed by atoms with van der Waals surface area (Å²) >= 11 is 0. The van der Waals surface area contributed by atoms with Gasteiger partial charge in [-0.15, -0.1) is 0 Å². The molecule has 0 saturated heterocycles. The summed E-state index contributed by atoms with van der Waals surface area (Å²) in [7, 11) is 2.95. The second kappa shape index (κ2) is 10.1. The molecule has 2 N–H and O–H groups in total. The number of hydrogen-bond acceptors (Lipinski definition) is 5. The lowest BCUT2D eigenvalue weighted by atomic mass is 10.1. The molecule has 0 aliphatic rings. The molecule has 0 spiro atoms. The van der Waals surface area contributed by atoms with Crippen LogP contribution in [0.15, 0.2) is 18.2 Å². The molecule has 1 unspecified atom stereocenters. The summed E-state index contributed by atoms with van der Waals surface area (Å²) in [6.07, 6.45) is -1.60. The van der Waals surface area contributed by atoms with Crippen LogP contribution >= 0.6 is 0 Å². The molecule has 0 aromatic heterocycles. The van der Waals surface area contributed by atoms with Gasteiger partial charge in [-0.3, -0.25) is 15.4 Å². The highest BCUT2D eigenvalue weighted by Gasteiger charge is 2.24. The van der Waals surface area contributed by atoms with Crippen LogP contribution in [-0.2, 0) is 4.74 Å². The predicted octanol–water partition coefficient (Wildman–Crippen LogP) is 2.87. The van der Waals surface area contributed by atoms with E-state index in [0.29, 0.717) is 18.8 Å². The number of anilines is 1. The second-order valence-electron chi connectivity index (χ2n) is 3.57. The third-order valence-corrected chi connectivity index (χ3v) is 2.41. The van der Waals surface area contributed by atoms with E-state index in [1.54, 1.807) is 13.2 Å². The Kier molecular flexibility index (Phi) is 9.23. The molecular formula is C13H22FN3O3. The molecule has 0 aliphatic heterocycles. The molecule has 0 fully saturated rings. The molecule has 1 aromatic rings. The van der Waals surface area contributed by atoms with Gasteiger partial charge in [-0.1, -0.05) is 19.9 Å². The first kappa shape index (κ1) is 18.3. The molecule has 7 heteroatoms. The molecule has 1 aromatic carbocycles. The summed E-state index contributed by atoms with van der Waals surface area (Å²) in [6, 6.07) is 4.39. The first-order valence-electron chi connectivity index (χ1n) is 6.43. The maximum atomic E-state index is 13.8. The van der Waals surface area contributed by atoms with E-state index in [4.69, 9.17) is 4.74 Å². The van der Waals surface area contributed by atoms with Gasteiger partial charge in [-0.2, -0.15) is 0 Å². The highest BCUT2D eigenvalue weighted by atomic mass is 19.1. The van der Waals surface area contributed by atoms with Crippen LogP contribution in [0, 0.1) is 10.1 Å². The summed E-state index contributed by atoms with van der Waals surface area (Å²) in [4.78, 5) is 10.3. The summed E-state index contributed by atoms with van der Waals surface area (Å²) in [5.74, 6) is 0. The van der Waals surface area contributed by atoms with Gasteiger partial charge in [0.15, 0.2) is 6.30 Å². The van der Waals surface area contributed by atoms with Crippen LogP contribution in [0.4, 0.5) is 15.8 Å². The van der Waals surface area contributed by atoms with Gasteiger partial charge < -0.3 is 10.1 Å². The van der Waals surface area contributed by atoms with Crippen molar-refractivity contribution in [1.82, 2.24) is 5.32 Å². The SMILES string of the molecule is CC.CNC(F)c1c(NCCOC)cccc1[N+](=O)[O-]. The van der Waals surface area contributed by atoms with E-state index in [0.717, 1.165) is 0 Å². The molecular weight excluding hydrogens is 265 g/mol. The first-order chi connectivity index (χ1) is 9.61. The van der Waals surface area contributed by atoms with E-state index in [-0.39, 0.29) is 11.3 Å². The number of nitrogens with one attached hydrogen (secondary N) is 2. The van der Waals surface area contributed by atoms with Gasteiger partial charge in [-0.25, -0.2) is 4.39 Å². The molecule has 0 bridgehead atoms. The van der Waals surface area contributed by atoms with Crippen molar-refractivity contribution in [2.24, 2.45) is 0 Å². The van der Waals surface area contributed by atoms with E-state index < -0.39 is 11.2 Å². The van der Waals surface area contributed by atoms with E-state index >= 15 is 0 Å². The highest BCUT2D eigenvalue weighted by molar-refractivity contribution is 5.61. The Hall–Kier alpha value is -1.73. The Labute approximate surface area is 118 Å². The zero-order chi connectivity index (χ0) is 15.5. The second-order valence-corrected chi connectivity index (χ2v) is 3.57. The summed E-state index contributed by atoms with van der Waals surface area (Å²) in [5.41, 5.74) is 0.142. The number of rotatable bonds is 7. The largest absolute Gasteiger partial charge is 0.383 e. The van der Waals surface area contributed by atoms with Crippen molar-refractivity contribution in [3.8, 4) is 0 Å². The lowest BCUT2D eigenvalue weighted by Crippen LogP contribution is -2.17. The fourth-order valence-electron chi connectivity index (χ4n) is 1.56. The molecule has 6 nitrogen and oxygen atoms in total. The number of nitrogens with zero attached hydrogens (tertiary/aromatic N) is 1. The standard InChI is InChI=1S/C11H16FN3O3.C2H6/c1-13-11(12)10-8(14-6-7-18-2)4-3-5-9(10)15(16)17;1-2/h3-5,11,13-14H,6-7H2,1-2H3;1-2H3. The van der Waals surface area contributed by atoms with Crippen molar-refractivity contribution >= 4 is 11.4 Å². The first-order valence-corrected chi connectivity index (χ1v) is 6.43. The monoisotopic (exact) mass is 287 g/mol. The van der Waals surface area contributed by atoms with E-state index in [1.807, 2.05) is 13.8 Å². The minimum atomic E-state index is -1.60. The Balaban J connectivity index is 0.00000172. The van der Waals surface area contributed by atoms with Gasteiger partial charge in [0.05, 0.1) is 11.5 Å². The number of hydrogen-bond donors (Lipinski definition) is 2. The van der Waals surface area contributed by atoms with Crippen LogP contribution in [-0.4, -0.2) is 32.2 Å².